The fraction of sp³-hybridized carbons (Fsp3) is 0.294. The smallest absolute Gasteiger partial charge is 0.341 e. The molecular formula is C17H18N2O5S. The van der Waals surface area contributed by atoms with Crippen LogP contribution in [-0.4, -0.2) is 23.4 Å². The molecule has 0 bridgehead atoms. The van der Waals surface area contributed by atoms with Gasteiger partial charge in [0.15, 0.2) is 0 Å². The quantitative estimate of drug-likeness (QED) is 0.451. The number of carbonyl (C=O) groups is 2. The van der Waals surface area contributed by atoms with E-state index in [1.54, 1.807) is 24.4 Å². The van der Waals surface area contributed by atoms with Crippen molar-refractivity contribution in [1.82, 2.24) is 0 Å². The normalized spacial score (nSPS) is 10.3. The lowest BCUT2D eigenvalue weighted by atomic mass is 10.0. The van der Waals surface area contributed by atoms with Gasteiger partial charge in [-0.25, -0.2) is 4.79 Å². The zero-order valence-electron chi connectivity index (χ0n) is 13.9. The summed E-state index contributed by atoms with van der Waals surface area (Å²) in [7, 11) is 0. The lowest BCUT2D eigenvalue weighted by Gasteiger charge is -2.08. The number of ether oxygens (including phenoxy) is 1. The summed E-state index contributed by atoms with van der Waals surface area (Å²) in [5, 5.41) is 15.7. The molecule has 0 radical (unpaired) electrons. The van der Waals surface area contributed by atoms with Crippen LogP contribution in [0.1, 0.15) is 37.0 Å². The maximum atomic E-state index is 12.4. The summed E-state index contributed by atoms with van der Waals surface area (Å²) in [5.41, 5.74) is 1.45. The second-order valence-corrected chi connectivity index (χ2v) is 6.06. The van der Waals surface area contributed by atoms with Crippen LogP contribution < -0.4 is 5.32 Å². The van der Waals surface area contributed by atoms with Crippen LogP contribution in [0.4, 0.5) is 10.7 Å². The predicted octanol–water partition coefficient (Wildman–Crippen LogP) is 4.24. The molecule has 1 aromatic heterocycles. The second-order valence-electron chi connectivity index (χ2n) is 5.18. The average molecular weight is 362 g/mol. The first-order valence-corrected chi connectivity index (χ1v) is 8.69. The van der Waals surface area contributed by atoms with Crippen LogP contribution in [0.15, 0.2) is 29.6 Å². The van der Waals surface area contributed by atoms with Crippen molar-refractivity contribution in [3.05, 3.63) is 45.3 Å². The van der Waals surface area contributed by atoms with Crippen molar-refractivity contribution < 1.29 is 19.2 Å². The molecule has 25 heavy (non-hydrogen) atoms. The van der Waals surface area contributed by atoms with Gasteiger partial charge in [0.2, 0.25) is 5.91 Å². The molecule has 2 rings (SSSR count). The number of benzene rings is 1. The summed E-state index contributed by atoms with van der Waals surface area (Å²) in [4.78, 5) is 34.5. The Morgan fingerprint density at radius 1 is 1.24 bits per heavy atom. The first-order valence-electron chi connectivity index (χ1n) is 7.81. The molecule has 1 N–H and O–H groups in total. The zero-order chi connectivity index (χ0) is 18.4. The number of thiophene rings is 1. The number of carbonyl (C=O) groups excluding carboxylic acids is 2. The Labute approximate surface area is 148 Å². The van der Waals surface area contributed by atoms with E-state index in [1.165, 1.54) is 23.5 Å². The van der Waals surface area contributed by atoms with Gasteiger partial charge in [-0.05, 0) is 31.0 Å². The van der Waals surface area contributed by atoms with E-state index in [-0.39, 0.29) is 23.8 Å². The molecule has 0 atom stereocenters. The molecular weight excluding hydrogens is 344 g/mol. The summed E-state index contributed by atoms with van der Waals surface area (Å²) < 4.78 is 5.10. The van der Waals surface area contributed by atoms with Gasteiger partial charge in [0, 0.05) is 29.5 Å². The van der Waals surface area contributed by atoms with Crippen LogP contribution >= 0.6 is 11.3 Å². The van der Waals surface area contributed by atoms with E-state index in [4.69, 9.17) is 4.74 Å². The number of non-ortho nitro benzene ring substituents is 1. The summed E-state index contributed by atoms with van der Waals surface area (Å²) >= 11 is 1.22. The molecule has 2 aromatic rings. The van der Waals surface area contributed by atoms with Gasteiger partial charge in [-0.15, -0.1) is 11.3 Å². The maximum Gasteiger partial charge on any atom is 0.341 e. The largest absolute Gasteiger partial charge is 0.462 e. The molecule has 0 aliphatic carbocycles. The molecule has 1 heterocycles. The van der Waals surface area contributed by atoms with Crippen molar-refractivity contribution >= 4 is 33.9 Å². The molecule has 0 saturated heterocycles. The second kappa shape index (κ2) is 8.39. The number of nitrogens with one attached hydrogen (secondary N) is 1. The van der Waals surface area contributed by atoms with Gasteiger partial charge >= 0.3 is 5.97 Å². The molecule has 0 spiro atoms. The average Bonchev–Trinajstić information content (AvgIpc) is 2.99. The van der Waals surface area contributed by atoms with E-state index >= 15 is 0 Å². The van der Waals surface area contributed by atoms with Crippen molar-refractivity contribution in [2.75, 3.05) is 11.9 Å². The van der Waals surface area contributed by atoms with E-state index in [0.29, 0.717) is 29.0 Å². The monoisotopic (exact) mass is 362 g/mol. The Balaban J connectivity index is 2.43. The minimum absolute atomic E-state index is 0.0341. The molecule has 7 nitrogen and oxygen atoms in total. The number of hydrogen-bond acceptors (Lipinski definition) is 6. The summed E-state index contributed by atoms with van der Waals surface area (Å²) in [6, 6.07) is 5.88. The fourth-order valence-corrected chi connectivity index (χ4v) is 3.22. The van der Waals surface area contributed by atoms with Gasteiger partial charge in [0.1, 0.15) is 10.6 Å². The number of nitro benzene ring substituents is 1. The number of nitro groups is 1. The molecule has 1 aromatic carbocycles. The van der Waals surface area contributed by atoms with Crippen molar-refractivity contribution in [3.63, 3.8) is 0 Å². The van der Waals surface area contributed by atoms with Crippen molar-refractivity contribution in [2.24, 2.45) is 0 Å². The van der Waals surface area contributed by atoms with E-state index < -0.39 is 10.9 Å². The van der Waals surface area contributed by atoms with Crippen LogP contribution in [0.3, 0.4) is 0 Å². The molecule has 0 fully saturated rings. The SMILES string of the molecule is CCCC(=O)Nc1scc(-c2ccc([N+](=O)[O-])cc2)c1C(=O)OCC. The third-order valence-corrected chi connectivity index (χ3v) is 4.29. The first-order chi connectivity index (χ1) is 12.0. The van der Waals surface area contributed by atoms with E-state index in [9.17, 15) is 19.7 Å². The van der Waals surface area contributed by atoms with Crippen LogP contribution in [-0.2, 0) is 9.53 Å². The number of hydrogen-bond donors (Lipinski definition) is 1. The maximum absolute atomic E-state index is 12.4. The van der Waals surface area contributed by atoms with Crippen molar-refractivity contribution in [2.45, 2.75) is 26.7 Å². The number of esters is 1. The van der Waals surface area contributed by atoms with Crippen molar-refractivity contribution in [1.29, 1.82) is 0 Å². The molecule has 0 aliphatic rings. The number of nitrogens with zero attached hydrogens (tertiary/aromatic N) is 1. The van der Waals surface area contributed by atoms with Gasteiger partial charge < -0.3 is 10.1 Å². The molecule has 0 aliphatic heterocycles. The summed E-state index contributed by atoms with van der Waals surface area (Å²) in [6.07, 6.45) is 1.05. The number of rotatable bonds is 7. The highest BCUT2D eigenvalue weighted by Gasteiger charge is 2.23. The van der Waals surface area contributed by atoms with Gasteiger partial charge in [0.05, 0.1) is 11.5 Å². The predicted molar refractivity (Wildman–Crippen MR) is 95.9 cm³/mol. The van der Waals surface area contributed by atoms with E-state index in [1.807, 2.05) is 6.92 Å². The first kappa shape index (κ1) is 18.6. The van der Waals surface area contributed by atoms with Crippen LogP contribution in [0.2, 0.25) is 0 Å². The topological polar surface area (TPSA) is 98.5 Å². The molecule has 0 saturated carbocycles. The third-order valence-electron chi connectivity index (χ3n) is 3.39. The van der Waals surface area contributed by atoms with E-state index in [0.717, 1.165) is 0 Å². The van der Waals surface area contributed by atoms with Gasteiger partial charge in [-0.1, -0.05) is 6.92 Å². The fourth-order valence-electron chi connectivity index (χ4n) is 2.25. The minimum atomic E-state index is -0.538. The lowest BCUT2D eigenvalue weighted by Crippen LogP contribution is -2.14. The third kappa shape index (κ3) is 4.42. The van der Waals surface area contributed by atoms with Gasteiger partial charge in [-0.2, -0.15) is 0 Å². The highest BCUT2D eigenvalue weighted by Crippen LogP contribution is 2.36. The molecule has 132 valence electrons. The summed E-state index contributed by atoms with van der Waals surface area (Å²) in [5.74, 6) is -0.714. The van der Waals surface area contributed by atoms with Crippen LogP contribution in [0.5, 0.6) is 0 Å². The van der Waals surface area contributed by atoms with Gasteiger partial charge in [0.25, 0.3) is 5.69 Å². The number of anilines is 1. The van der Waals surface area contributed by atoms with Crippen LogP contribution in [0.25, 0.3) is 11.1 Å². The van der Waals surface area contributed by atoms with E-state index in [2.05, 4.69) is 5.32 Å². The Kier molecular flexibility index (Phi) is 6.24. The Morgan fingerprint density at radius 3 is 2.48 bits per heavy atom. The minimum Gasteiger partial charge on any atom is -0.462 e. The summed E-state index contributed by atoms with van der Waals surface area (Å²) in [6.45, 7) is 3.80. The standard InChI is InChI=1S/C17H18N2O5S/c1-3-5-14(20)18-16-15(17(21)24-4-2)13(10-25-16)11-6-8-12(9-7-11)19(22)23/h6-10H,3-5H2,1-2H3,(H,18,20). The number of amides is 1. The molecule has 8 heteroatoms. The van der Waals surface area contributed by atoms with Crippen molar-refractivity contribution in [3.8, 4) is 11.1 Å². The Morgan fingerprint density at radius 2 is 1.92 bits per heavy atom. The van der Waals surface area contributed by atoms with Crippen LogP contribution in [0, 0.1) is 10.1 Å². The Bertz CT molecular complexity index is 783. The lowest BCUT2D eigenvalue weighted by molar-refractivity contribution is -0.384. The van der Waals surface area contributed by atoms with Gasteiger partial charge in [-0.3, -0.25) is 14.9 Å². The zero-order valence-corrected chi connectivity index (χ0v) is 14.7. The molecule has 0 unspecified atom stereocenters. The highest BCUT2D eigenvalue weighted by atomic mass is 32.1. The highest BCUT2D eigenvalue weighted by molar-refractivity contribution is 7.15. The Hall–Kier alpha value is -2.74. The molecule has 1 amide bonds.